The number of nitrogens with one attached hydrogen (secondary N) is 1. The van der Waals surface area contributed by atoms with Gasteiger partial charge in [-0.1, -0.05) is 34.6 Å². The van der Waals surface area contributed by atoms with Gasteiger partial charge in [-0.2, -0.15) is 0 Å². The Balaban J connectivity index is 2.41. The van der Waals surface area contributed by atoms with Crippen LogP contribution in [-0.4, -0.2) is 36.6 Å². The maximum Gasteiger partial charge on any atom is 0.0111 e. The highest BCUT2D eigenvalue weighted by atomic mass is 15.2. The Bertz CT molecular complexity index is 226. The highest BCUT2D eigenvalue weighted by molar-refractivity contribution is 4.87. The van der Waals surface area contributed by atoms with E-state index in [0.717, 1.165) is 23.9 Å². The van der Waals surface area contributed by atoms with E-state index in [1.807, 2.05) is 0 Å². The third kappa shape index (κ3) is 7.08. The van der Waals surface area contributed by atoms with E-state index in [9.17, 15) is 0 Å². The van der Waals surface area contributed by atoms with E-state index in [4.69, 9.17) is 0 Å². The molecule has 0 aromatic rings. The summed E-state index contributed by atoms with van der Waals surface area (Å²) in [5.74, 6) is 1.65. The van der Waals surface area contributed by atoms with Crippen LogP contribution in [0.4, 0.5) is 0 Å². The van der Waals surface area contributed by atoms with E-state index in [1.165, 1.54) is 58.2 Å². The van der Waals surface area contributed by atoms with Crippen molar-refractivity contribution in [3.05, 3.63) is 0 Å². The largest absolute Gasteiger partial charge is 0.314 e. The highest BCUT2D eigenvalue weighted by Gasteiger charge is 2.28. The van der Waals surface area contributed by atoms with Crippen LogP contribution in [0.25, 0.3) is 0 Å². The third-order valence-electron chi connectivity index (χ3n) is 4.59. The lowest BCUT2D eigenvalue weighted by Gasteiger charge is -2.30. The Morgan fingerprint density at radius 2 is 1.60 bits per heavy atom. The van der Waals surface area contributed by atoms with E-state index in [0.29, 0.717) is 0 Å². The van der Waals surface area contributed by atoms with Crippen molar-refractivity contribution in [2.75, 3.05) is 19.6 Å². The fourth-order valence-electron chi connectivity index (χ4n) is 3.15. The lowest BCUT2D eigenvalue weighted by atomic mass is 10.1. The van der Waals surface area contributed by atoms with Gasteiger partial charge in [-0.05, 0) is 70.0 Å². The first-order chi connectivity index (χ1) is 9.52. The molecule has 1 fully saturated rings. The van der Waals surface area contributed by atoms with Crippen molar-refractivity contribution in [1.82, 2.24) is 10.2 Å². The molecule has 2 nitrogen and oxygen atoms in total. The van der Waals surface area contributed by atoms with Crippen LogP contribution in [-0.2, 0) is 0 Å². The molecule has 0 radical (unpaired) electrons. The van der Waals surface area contributed by atoms with Gasteiger partial charge in [0.15, 0.2) is 0 Å². The molecule has 1 aliphatic carbocycles. The molecule has 0 spiro atoms. The zero-order valence-electron chi connectivity index (χ0n) is 14.6. The Morgan fingerprint density at radius 1 is 1.00 bits per heavy atom. The lowest BCUT2D eigenvalue weighted by Crippen LogP contribution is -2.38. The van der Waals surface area contributed by atoms with E-state index in [1.54, 1.807) is 0 Å². The predicted molar refractivity (Wildman–Crippen MR) is 90.2 cm³/mol. The third-order valence-corrected chi connectivity index (χ3v) is 4.59. The molecule has 20 heavy (non-hydrogen) atoms. The van der Waals surface area contributed by atoms with Crippen molar-refractivity contribution in [3.8, 4) is 0 Å². The predicted octanol–water partition coefficient (Wildman–Crippen LogP) is 4.30. The average molecular weight is 283 g/mol. The molecule has 2 atom stereocenters. The highest BCUT2D eigenvalue weighted by Crippen LogP contribution is 2.25. The Labute approximate surface area is 127 Å². The van der Waals surface area contributed by atoms with Gasteiger partial charge in [-0.25, -0.2) is 0 Å². The van der Waals surface area contributed by atoms with Gasteiger partial charge < -0.3 is 10.2 Å². The molecular formula is C18H38N2. The molecule has 0 saturated heterocycles. The molecule has 0 aliphatic heterocycles. The number of rotatable bonds is 10. The monoisotopic (exact) mass is 282 g/mol. The minimum atomic E-state index is 0.778. The van der Waals surface area contributed by atoms with Crippen LogP contribution >= 0.6 is 0 Å². The summed E-state index contributed by atoms with van der Waals surface area (Å²) in [7, 11) is 0. The SMILES string of the molecule is CCCNC1CCC(N(CCC(C)C)CCC(C)C)C1. The van der Waals surface area contributed by atoms with Gasteiger partial charge in [0.2, 0.25) is 0 Å². The van der Waals surface area contributed by atoms with E-state index >= 15 is 0 Å². The van der Waals surface area contributed by atoms with Crippen LogP contribution in [0.2, 0.25) is 0 Å². The lowest BCUT2D eigenvalue weighted by molar-refractivity contribution is 0.176. The fourth-order valence-corrected chi connectivity index (χ4v) is 3.15. The summed E-state index contributed by atoms with van der Waals surface area (Å²) in [5.41, 5.74) is 0. The van der Waals surface area contributed by atoms with E-state index < -0.39 is 0 Å². The molecule has 1 N–H and O–H groups in total. The van der Waals surface area contributed by atoms with Crippen LogP contribution < -0.4 is 5.32 Å². The molecule has 0 bridgehead atoms. The van der Waals surface area contributed by atoms with Crippen LogP contribution in [0.1, 0.15) is 73.1 Å². The molecule has 2 heteroatoms. The van der Waals surface area contributed by atoms with Crippen molar-refractivity contribution < 1.29 is 0 Å². The summed E-state index contributed by atoms with van der Waals surface area (Å²) in [5, 5.41) is 3.72. The smallest absolute Gasteiger partial charge is 0.0111 e. The number of hydrogen-bond donors (Lipinski definition) is 1. The van der Waals surface area contributed by atoms with Crippen LogP contribution in [0.3, 0.4) is 0 Å². The summed E-state index contributed by atoms with van der Waals surface area (Å²) in [4.78, 5) is 2.80. The number of hydrogen-bond acceptors (Lipinski definition) is 2. The molecule has 1 saturated carbocycles. The van der Waals surface area contributed by atoms with Gasteiger partial charge in [0.25, 0.3) is 0 Å². The first-order valence-electron chi connectivity index (χ1n) is 9.00. The van der Waals surface area contributed by atoms with Gasteiger partial charge in [0.05, 0.1) is 0 Å². The second-order valence-corrected chi connectivity index (χ2v) is 7.52. The van der Waals surface area contributed by atoms with Crippen LogP contribution in [0.15, 0.2) is 0 Å². The molecular weight excluding hydrogens is 244 g/mol. The molecule has 1 rings (SSSR count). The Hall–Kier alpha value is -0.0800. The first-order valence-corrected chi connectivity index (χ1v) is 9.00. The van der Waals surface area contributed by atoms with Gasteiger partial charge in [0, 0.05) is 12.1 Å². The van der Waals surface area contributed by atoms with Crippen molar-refractivity contribution in [2.24, 2.45) is 11.8 Å². The molecule has 0 aromatic carbocycles. The molecule has 0 aromatic heterocycles. The van der Waals surface area contributed by atoms with Crippen LogP contribution in [0, 0.1) is 11.8 Å². The zero-order valence-corrected chi connectivity index (χ0v) is 14.6. The normalized spacial score (nSPS) is 23.4. The Morgan fingerprint density at radius 3 is 2.10 bits per heavy atom. The maximum absolute atomic E-state index is 3.72. The summed E-state index contributed by atoms with van der Waals surface area (Å²) >= 11 is 0. The summed E-state index contributed by atoms with van der Waals surface area (Å²) in [6.07, 6.45) is 8.10. The van der Waals surface area contributed by atoms with E-state index in [2.05, 4.69) is 44.8 Å². The molecule has 120 valence electrons. The van der Waals surface area contributed by atoms with Gasteiger partial charge in [-0.15, -0.1) is 0 Å². The first kappa shape index (κ1) is 18.0. The van der Waals surface area contributed by atoms with Gasteiger partial charge in [-0.3, -0.25) is 0 Å². The maximum atomic E-state index is 3.72. The second kappa shape index (κ2) is 9.78. The standard InChI is InChI=1S/C18H38N2/c1-6-11-19-17-7-8-18(14-17)20(12-9-15(2)3)13-10-16(4)5/h15-19H,6-14H2,1-5H3. The van der Waals surface area contributed by atoms with Gasteiger partial charge >= 0.3 is 0 Å². The van der Waals surface area contributed by atoms with Crippen molar-refractivity contribution in [3.63, 3.8) is 0 Å². The summed E-state index contributed by atoms with van der Waals surface area (Å²) < 4.78 is 0. The molecule has 0 heterocycles. The van der Waals surface area contributed by atoms with Crippen molar-refractivity contribution in [2.45, 2.75) is 85.2 Å². The van der Waals surface area contributed by atoms with Gasteiger partial charge in [0.1, 0.15) is 0 Å². The minimum absolute atomic E-state index is 0.778. The second-order valence-electron chi connectivity index (χ2n) is 7.52. The quantitative estimate of drug-likeness (QED) is 0.642. The fraction of sp³-hybridized carbons (Fsp3) is 1.00. The number of nitrogens with zero attached hydrogens (tertiary/aromatic N) is 1. The topological polar surface area (TPSA) is 15.3 Å². The minimum Gasteiger partial charge on any atom is -0.314 e. The molecule has 1 aliphatic rings. The molecule has 0 amide bonds. The van der Waals surface area contributed by atoms with E-state index in [-0.39, 0.29) is 0 Å². The summed E-state index contributed by atoms with van der Waals surface area (Å²) in [6.45, 7) is 15.4. The summed E-state index contributed by atoms with van der Waals surface area (Å²) in [6, 6.07) is 1.61. The molecule has 2 unspecified atom stereocenters. The van der Waals surface area contributed by atoms with Crippen molar-refractivity contribution >= 4 is 0 Å². The average Bonchev–Trinajstić information content (AvgIpc) is 2.84. The Kier molecular flexibility index (Phi) is 8.79. The zero-order chi connectivity index (χ0) is 15.0. The van der Waals surface area contributed by atoms with Crippen LogP contribution in [0.5, 0.6) is 0 Å². The van der Waals surface area contributed by atoms with Crippen molar-refractivity contribution in [1.29, 1.82) is 0 Å².